The molecule has 94 valence electrons. The molecule has 2 rings (SSSR count). The summed E-state index contributed by atoms with van der Waals surface area (Å²) in [5.41, 5.74) is 1.28. The van der Waals surface area contributed by atoms with E-state index in [-0.39, 0.29) is 0 Å². The maximum Gasteiger partial charge on any atom is 0.0643 e. The van der Waals surface area contributed by atoms with E-state index in [0.29, 0.717) is 6.10 Å². The fraction of sp³-hybridized carbons (Fsp3) is 0.571. The third-order valence-corrected chi connectivity index (χ3v) is 3.72. The summed E-state index contributed by atoms with van der Waals surface area (Å²) in [5.74, 6) is 0. The number of hydrogen-bond acceptors (Lipinski definition) is 3. The Kier molecular flexibility index (Phi) is 5.36. The Labute approximate surface area is 108 Å². The average Bonchev–Trinajstić information content (AvgIpc) is 2.38. The van der Waals surface area contributed by atoms with Crippen molar-refractivity contribution in [3.05, 3.63) is 29.8 Å². The van der Waals surface area contributed by atoms with Crippen LogP contribution in [0.1, 0.15) is 31.2 Å². The second-order valence-electron chi connectivity index (χ2n) is 4.50. The summed E-state index contributed by atoms with van der Waals surface area (Å²) in [4.78, 5) is 1.17. The molecule has 1 fully saturated rings. The molecule has 17 heavy (non-hydrogen) atoms. The number of benzene rings is 1. The lowest BCUT2D eigenvalue weighted by Crippen LogP contribution is -2.20. The van der Waals surface area contributed by atoms with Crippen LogP contribution in [0.2, 0.25) is 0 Å². The summed E-state index contributed by atoms with van der Waals surface area (Å²) >= 11 is 1.46. The molecule has 1 heterocycles. The largest absolute Gasteiger partial charge is 0.378 e. The minimum atomic E-state index is 0.419. The van der Waals surface area contributed by atoms with Gasteiger partial charge in [0.25, 0.3) is 0 Å². The van der Waals surface area contributed by atoms with Gasteiger partial charge in [0, 0.05) is 23.5 Å². The molecule has 0 radical (unpaired) electrons. The quantitative estimate of drug-likeness (QED) is 0.583. The monoisotopic (exact) mass is 252 g/mol. The Morgan fingerprint density at radius 1 is 1.29 bits per heavy atom. The van der Waals surface area contributed by atoms with Gasteiger partial charge < -0.3 is 8.92 Å². The fourth-order valence-electron chi connectivity index (χ4n) is 1.92. The van der Waals surface area contributed by atoms with Gasteiger partial charge in [-0.3, -0.25) is 0 Å². The summed E-state index contributed by atoms with van der Waals surface area (Å²) in [6.07, 6.45) is 5.14. The summed E-state index contributed by atoms with van der Waals surface area (Å²) < 4.78 is 11.3. The molecule has 0 saturated carbocycles. The van der Waals surface area contributed by atoms with Crippen molar-refractivity contribution >= 4 is 12.0 Å². The molecule has 0 N–H and O–H groups in total. The van der Waals surface area contributed by atoms with E-state index in [4.69, 9.17) is 8.92 Å². The van der Waals surface area contributed by atoms with Crippen molar-refractivity contribution in [2.24, 2.45) is 0 Å². The first kappa shape index (κ1) is 12.9. The lowest BCUT2D eigenvalue weighted by atomic mass is 10.1. The molecule has 0 bridgehead atoms. The number of rotatable bonds is 5. The summed E-state index contributed by atoms with van der Waals surface area (Å²) in [6, 6.07) is 8.40. The molecule has 1 aromatic rings. The van der Waals surface area contributed by atoms with Gasteiger partial charge in [0.1, 0.15) is 0 Å². The molecule has 0 spiro atoms. The third-order valence-electron chi connectivity index (χ3n) is 2.97. The maximum atomic E-state index is 5.66. The van der Waals surface area contributed by atoms with Crippen LogP contribution in [0.3, 0.4) is 0 Å². The van der Waals surface area contributed by atoms with Crippen molar-refractivity contribution in [2.75, 3.05) is 13.2 Å². The topological polar surface area (TPSA) is 18.5 Å². The summed E-state index contributed by atoms with van der Waals surface area (Å²) in [6.45, 7) is 3.79. The van der Waals surface area contributed by atoms with Gasteiger partial charge in [0.05, 0.1) is 12.7 Å². The standard InChI is InChI=1S/C14H20O2S/c1-12-5-7-14(8-6-12)17-16-11-9-13-4-2-3-10-15-13/h5-8,13H,2-4,9-11H2,1H3. The van der Waals surface area contributed by atoms with E-state index in [0.717, 1.165) is 19.6 Å². The van der Waals surface area contributed by atoms with Crippen molar-refractivity contribution in [3.8, 4) is 0 Å². The van der Waals surface area contributed by atoms with Gasteiger partial charge in [0.15, 0.2) is 0 Å². The van der Waals surface area contributed by atoms with E-state index in [9.17, 15) is 0 Å². The van der Waals surface area contributed by atoms with Gasteiger partial charge >= 0.3 is 0 Å². The molecule has 1 unspecified atom stereocenters. The van der Waals surface area contributed by atoms with Crippen molar-refractivity contribution in [1.82, 2.24) is 0 Å². The van der Waals surface area contributed by atoms with Crippen LogP contribution >= 0.6 is 12.0 Å². The van der Waals surface area contributed by atoms with Crippen LogP contribution in [0.25, 0.3) is 0 Å². The highest BCUT2D eigenvalue weighted by atomic mass is 32.2. The third kappa shape index (κ3) is 4.70. The van der Waals surface area contributed by atoms with Gasteiger partial charge in [0.2, 0.25) is 0 Å². The zero-order valence-corrected chi connectivity index (χ0v) is 11.2. The Balaban J connectivity index is 1.60. The van der Waals surface area contributed by atoms with E-state index in [1.165, 1.54) is 41.8 Å². The molecule has 0 aromatic heterocycles. The lowest BCUT2D eigenvalue weighted by molar-refractivity contribution is 0.00527. The Morgan fingerprint density at radius 3 is 2.82 bits per heavy atom. The molecular weight excluding hydrogens is 232 g/mol. The minimum absolute atomic E-state index is 0.419. The molecule has 0 amide bonds. The van der Waals surface area contributed by atoms with Crippen molar-refractivity contribution in [2.45, 2.75) is 43.6 Å². The second kappa shape index (κ2) is 7.04. The molecule has 3 heteroatoms. The molecule has 1 atom stereocenters. The van der Waals surface area contributed by atoms with Gasteiger partial charge in [-0.15, -0.1) is 0 Å². The zero-order valence-electron chi connectivity index (χ0n) is 10.4. The van der Waals surface area contributed by atoms with Gasteiger partial charge in [-0.1, -0.05) is 17.7 Å². The Hall–Kier alpha value is -0.510. The van der Waals surface area contributed by atoms with Gasteiger partial charge in [-0.2, -0.15) is 0 Å². The molecule has 2 nitrogen and oxygen atoms in total. The predicted octanol–water partition coefficient (Wildman–Crippen LogP) is 3.98. The fourth-order valence-corrected chi connectivity index (χ4v) is 2.48. The first-order valence-corrected chi connectivity index (χ1v) is 7.06. The van der Waals surface area contributed by atoms with Crippen LogP contribution < -0.4 is 0 Å². The van der Waals surface area contributed by atoms with Crippen molar-refractivity contribution in [1.29, 1.82) is 0 Å². The zero-order chi connectivity index (χ0) is 11.9. The van der Waals surface area contributed by atoms with Crippen LogP contribution in [-0.2, 0) is 8.92 Å². The van der Waals surface area contributed by atoms with E-state index < -0.39 is 0 Å². The van der Waals surface area contributed by atoms with Crippen LogP contribution in [0.5, 0.6) is 0 Å². The van der Waals surface area contributed by atoms with Gasteiger partial charge in [-0.05, 0) is 44.7 Å². The van der Waals surface area contributed by atoms with Crippen molar-refractivity contribution in [3.63, 3.8) is 0 Å². The number of hydrogen-bond donors (Lipinski definition) is 0. The second-order valence-corrected chi connectivity index (χ2v) is 5.37. The van der Waals surface area contributed by atoms with Crippen molar-refractivity contribution < 1.29 is 8.92 Å². The van der Waals surface area contributed by atoms with E-state index in [2.05, 4.69) is 31.2 Å². The van der Waals surface area contributed by atoms with E-state index in [1.54, 1.807) is 0 Å². The smallest absolute Gasteiger partial charge is 0.0643 e. The highest BCUT2D eigenvalue weighted by Crippen LogP contribution is 2.21. The molecular formula is C14H20O2S. The summed E-state index contributed by atoms with van der Waals surface area (Å²) in [7, 11) is 0. The Bertz CT molecular complexity index is 317. The first-order chi connectivity index (χ1) is 8.34. The molecule has 1 saturated heterocycles. The normalized spacial score (nSPS) is 20.4. The lowest BCUT2D eigenvalue weighted by Gasteiger charge is -2.22. The summed E-state index contributed by atoms with van der Waals surface area (Å²) in [5, 5.41) is 0. The first-order valence-electron chi connectivity index (χ1n) is 6.32. The average molecular weight is 252 g/mol. The molecule has 0 aliphatic carbocycles. The number of ether oxygens (including phenoxy) is 1. The van der Waals surface area contributed by atoms with Crippen LogP contribution in [0, 0.1) is 6.92 Å². The molecule has 1 aromatic carbocycles. The highest BCUT2D eigenvalue weighted by Gasteiger charge is 2.13. The maximum absolute atomic E-state index is 5.66. The van der Waals surface area contributed by atoms with E-state index in [1.807, 2.05) is 0 Å². The van der Waals surface area contributed by atoms with Crippen LogP contribution in [0.15, 0.2) is 29.2 Å². The Morgan fingerprint density at radius 2 is 2.12 bits per heavy atom. The van der Waals surface area contributed by atoms with Crippen LogP contribution in [0.4, 0.5) is 0 Å². The predicted molar refractivity (Wildman–Crippen MR) is 71.2 cm³/mol. The minimum Gasteiger partial charge on any atom is -0.378 e. The SMILES string of the molecule is Cc1ccc(SOCCC2CCCCO2)cc1. The molecule has 1 aliphatic rings. The van der Waals surface area contributed by atoms with E-state index >= 15 is 0 Å². The van der Waals surface area contributed by atoms with Crippen LogP contribution in [-0.4, -0.2) is 19.3 Å². The number of aryl methyl sites for hydroxylation is 1. The molecule has 1 aliphatic heterocycles. The van der Waals surface area contributed by atoms with Gasteiger partial charge in [-0.25, -0.2) is 0 Å². The highest BCUT2D eigenvalue weighted by molar-refractivity contribution is 7.94.